The molecule has 0 spiro atoms. The zero-order valence-electron chi connectivity index (χ0n) is 13.9. The van der Waals surface area contributed by atoms with Crippen LogP contribution >= 0.6 is 11.5 Å². The average Bonchev–Trinajstić information content (AvgIpc) is 3.09. The molecule has 1 aromatic heterocycles. The van der Waals surface area contributed by atoms with Gasteiger partial charge in [0, 0.05) is 63.0 Å². The number of benzene rings is 1. The predicted octanol–water partition coefficient (Wildman–Crippen LogP) is 2.20. The van der Waals surface area contributed by atoms with Crippen LogP contribution in [0.15, 0.2) is 18.2 Å². The van der Waals surface area contributed by atoms with E-state index in [1.54, 1.807) is 13.2 Å². The molecule has 0 radical (unpaired) electrons. The van der Waals surface area contributed by atoms with Crippen molar-refractivity contribution in [3.05, 3.63) is 29.8 Å². The van der Waals surface area contributed by atoms with Crippen LogP contribution in [0.5, 0.6) is 5.75 Å². The summed E-state index contributed by atoms with van der Waals surface area (Å²) in [7, 11) is 3.15. The van der Waals surface area contributed by atoms with E-state index in [1.807, 2.05) is 6.07 Å². The molecule has 0 atom stereocenters. The Balaban J connectivity index is 1.59. The zero-order chi connectivity index (χ0) is 16.9. The second kappa shape index (κ2) is 7.76. The van der Waals surface area contributed by atoms with Crippen LogP contribution in [-0.2, 0) is 11.2 Å². The minimum Gasteiger partial charge on any atom is -0.494 e. The number of halogens is 1. The summed E-state index contributed by atoms with van der Waals surface area (Å²) in [5.41, 5.74) is 0.881. The van der Waals surface area contributed by atoms with Gasteiger partial charge in [0.25, 0.3) is 0 Å². The predicted molar refractivity (Wildman–Crippen MR) is 92.9 cm³/mol. The maximum absolute atomic E-state index is 13.9. The quantitative estimate of drug-likeness (QED) is 0.794. The fourth-order valence-corrected chi connectivity index (χ4v) is 3.44. The number of methoxy groups -OCH3 is 2. The lowest BCUT2D eigenvalue weighted by atomic mass is 10.2. The normalized spacial score (nSPS) is 15.0. The second-order valence-corrected chi connectivity index (χ2v) is 6.26. The second-order valence-electron chi connectivity index (χ2n) is 5.53. The number of aromatic nitrogens is 2. The van der Waals surface area contributed by atoms with E-state index in [-0.39, 0.29) is 11.6 Å². The summed E-state index contributed by atoms with van der Waals surface area (Å²) in [6.45, 7) is 3.95. The van der Waals surface area contributed by atoms with Crippen molar-refractivity contribution < 1.29 is 13.9 Å². The van der Waals surface area contributed by atoms with Crippen molar-refractivity contribution in [1.29, 1.82) is 0 Å². The van der Waals surface area contributed by atoms with Crippen LogP contribution in [0.4, 0.5) is 15.2 Å². The highest BCUT2D eigenvalue weighted by molar-refractivity contribution is 7.09. The summed E-state index contributed by atoms with van der Waals surface area (Å²) in [6.07, 6.45) is 0.734. The lowest BCUT2D eigenvalue weighted by Crippen LogP contribution is -2.46. The molecule has 1 aromatic carbocycles. The number of piperazine rings is 1. The molecule has 0 amide bonds. The van der Waals surface area contributed by atoms with E-state index in [2.05, 4.69) is 19.2 Å². The number of ether oxygens (including phenoxy) is 2. The summed E-state index contributed by atoms with van der Waals surface area (Å²) < 4.78 is 28.3. The fraction of sp³-hybridized carbons (Fsp3) is 0.500. The van der Waals surface area contributed by atoms with Crippen LogP contribution in [0, 0.1) is 5.82 Å². The van der Waals surface area contributed by atoms with Gasteiger partial charge in [-0.05, 0) is 12.1 Å². The lowest BCUT2D eigenvalue weighted by Gasteiger charge is -2.35. The number of nitrogens with zero attached hydrogens (tertiary/aromatic N) is 4. The molecule has 0 aliphatic carbocycles. The first-order chi connectivity index (χ1) is 11.7. The Morgan fingerprint density at radius 3 is 2.58 bits per heavy atom. The SMILES string of the molecule is COCCc1nsc(N2CCN(c3ccc(OC)c(F)c3)CC2)n1. The standard InChI is InChI=1S/C16H21FN4O2S/c1-22-10-5-15-18-16(24-19-15)21-8-6-20(7-9-21)12-3-4-14(23-2)13(17)11-12/h3-4,11H,5-10H2,1-2H3. The van der Waals surface area contributed by atoms with Crippen molar-refractivity contribution in [2.45, 2.75) is 6.42 Å². The Morgan fingerprint density at radius 1 is 1.17 bits per heavy atom. The maximum Gasteiger partial charge on any atom is 0.205 e. The number of rotatable bonds is 6. The average molecular weight is 352 g/mol. The molecule has 0 N–H and O–H groups in total. The molecule has 24 heavy (non-hydrogen) atoms. The summed E-state index contributed by atoms with van der Waals surface area (Å²) >= 11 is 1.43. The van der Waals surface area contributed by atoms with Crippen molar-refractivity contribution >= 4 is 22.4 Å². The number of anilines is 2. The van der Waals surface area contributed by atoms with Gasteiger partial charge in [0.2, 0.25) is 5.13 Å². The highest BCUT2D eigenvalue weighted by atomic mass is 32.1. The zero-order valence-corrected chi connectivity index (χ0v) is 14.7. The van der Waals surface area contributed by atoms with Gasteiger partial charge in [0.15, 0.2) is 11.6 Å². The van der Waals surface area contributed by atoms with Crippen LogP contribution in [0.3, 0.4) is 0 Å². The fourth-order valence-electron chi connectivity index (χ4n) is 2.68. The third-order valence-electron chi connectivity index (χ3n) is 4.04. The molecular weight excluding hydrogens is 331 g/mol. The Hall–Kier alpha value is -1.93. The molecule has 3 rings (SSSR count). The molecule has 130 valence electrons. The maximum atomic E-state index is 13.9. The van der Waals surface area contributed by atoms with Gasteiger partial charge in [-0.15, -0.1) is 0 Å². The van der Waals surface area contributed by atoms with Gasteiger partial charge in [0.05, 0.1) is 13.7 Å². The Morgan fingerprint density at radius 2 is 1.92 bits per heavy atom. The molecule has 2 heterocycles. The number of hydrogen-bond donors (Lipinski definition) is 0. The first-order valence-corrected chi connectivity index (χ1v) is 8.63. The van der Waals surface area contributed by atoms with Crippen LogP contribution < -0.4 is 14.5 Å². The molecule has 0 bridgehead atoms. The van der Waals surface area contributed by atoms with E-state index in [4.69, 9.17) is 9.47 Å². The lowest BCUT2D eigenvalue weighted by molar-refractivity contribution is 0.201. The third-order valence-corrected chi connectivity index (χ3v) is 4.85. The largest absolute Gasteiger partial charge is 0.494 e. The Labute approximate surface area is 145 Å². The third kappa shape index (κ3) is 3.76. The summed E-state index contributed by atoms with van der Waals surface area (Å²) in [5.74, 6) is 0.774. The van der Waals surface area contributed by atoms with Crippen LogP contribution in [0.1, 0.15) is 5.82 Å². The minimum atomic E-state index is -0.329. The smallest absolute Gasteiger partial charge is 0.205 e. The van der Waals surface area contributed by atoms with Gasteiger partial charge in [-0.2, -0.15) is 4.37 Å². The highest BCUT2D eigenvalue weighted by Crippen LogP contribution is 2.26. The van der Waals surface area contributed by atoms with E-state index in [1.165, 1.54) is 24.7 Å². The highest BCUT2D eigenvalue weighted by Gasteiger charge is 2.21. The van der Waals surface area contributed by atoms with Crippen molar-refractivity contribution in [2.75, 3.05) is 56.8 Å². The molecule has 8 heteroatoms. The Bertz CT molecular complexity index is 674. The minimum absolute atomic E-state index is 0.273. The summed E-state index contributed by atoms with van der Waals surface area (Å²) in [6, 6.07) is 5.09. The van der Waals surface area contributed by atoms with Gasteiger partial charge < -0.3 is 19.3 Å². The molecule has 1 saturated heterocycles. The molecule has 2 aromatic rings. The van der Waals surface area contributed by atoms with E-state index in [0.29, 0.717) is 6.61 Å². The Kier molecular flexibility index (Phi) is 5.47. The molecule has 1 aliphatic heterocycles. The van der Waals surface area contributed by atoms with E-state index in [9.17, 15) is 4.39 Å². The van der Waals surface area contributed by atoms with Gasteiger partial charge in [0.1, 0.15) is 5.82 Å². The first-order valence-electron chi connectivity index (χ1n) is 7.86. The van der Waals surface area contributed by atoms with Gasteiger partial charge in [-0.1, -0.05) is 0 Å². The van der Waals surface area contributed by atoms with Crippen molar-refractivity contribution in [3.8, 4) is 5.75 Å². The van der Waals surface area contributed by atoms with E-state index < -0.39 is 0 Å². The van der Waals surface area contributed by atoms with Crippen molar-refractivity contribution in [3.63, 3.8) is 0 Å². The summed E-state index contributed by atoms with van der Waals surface area (Å²) in [4.78, 5) is 8.96. The summed E-state index contributed by atoms with van der Waals surface area (Å²) in [5, 5.41) is 0.946. The molecular formula is C16H21FN4O2S. The molecule has 0 saturated carbocycles. The molecule has 0 unspecified atom stereocenters. The van der Waals surface area contributed by atoms with Crippen LogP contribution in [-0.4, -0.2) is 56.4 Å². The van der Waals surface area contributed by atoms with E-state index >= 15 is 0 Å². The topological polar surface area (TPSA) is 50.7 Å². The van der Waals surface area contributed by atoms with Crippen molar-refractivity contribution in [2.24, 2.45) is 0 Å². The van der Waals surface area contributed by atoms with Crippen LogP contribution in [0.25, 0.3) is 0 Å². The molecule has 1 aliphatic rings. The van der Waals surface area contributed by atoms with Gasteiger partial charge in [-0.25, -0.2) is 9.37 Å². The van der Waals surface area contributed by atoms with Gasteiger partial charge in [-0.3, -0.25) is 0 Å². The number of hydrogen-bond acceptors (Lipinski definition) is 7. The monoisotopic (exact) mass is 352 g/mol. The first kappa shape index (κ1) is 16.9. The molecule has 6 nitrogen and oxygen atoms in total. The van der Waals surface area contributed by atoms with Gasteiger partial charge >= 0.3 is 0 Å². The molecule has 1 fully saturated rings. The van der Waals surface area contributed by atoms with Crippen molar-refractivity contribution in [1.82, 2.24) is 9.36 Å². The van der Waals surface area contributed by atoms with E-state index in [0.717, 1.165) is 49.2 Å². The van der Waals surface area contributed by atoms with Crippen LogP contribution in [0.2, 0.25) is 0 Å².